The quantitative estimate of drug-likeness (QED) is 0.807. The van der Waals surface area contributed by atoms with Gasteiger partial charge in [0.05, 0.1) is 23.7 Å². The molecule has 1 aliphatic rings. The molecule has 0 fully saturated rings. The molecule has 0 saturated heterocycles. The van der Waals surface area contributed by atoms with Crippen LogP contribution in [0.1, 0.15) is 27.8 Å². The van der Waals surface area contributed by atoms with E-state index in [1.165, 1.54) is 5.56 Å². The fraction of sp³-hybridized carbons (Fsp3) is 0.263. The van der Waals surface area contributed by atoms with E-state index in [2.05, 4.69) is 33.9 Å². The monoisotopic (exact) mass is 321 g/mol. The number of amides is 1. The number of carbonyl (C=O) groups excluding carboxylic acids is 1. The van der Waals surface area contributed by atoms with Gasteiger partial charge in [-0.1, -0.05) is 24.3 Å². The fourth-order valence-electron chi connectivity index (χ4n) is 3.18. The van der Waals surface area contributed by atoms with Crippen LogP contribution in [-0.4, -0.2) is 28.6 Å². The molecule has 122 valence electrons. The largest absolute Gasteiger partial charge is 0.371 e. The molecule has 4 rings (SSSR count). The number of fused-ring (bicyclic) bond motifs is 3. The molecule has 1 amide bonds. The van der Waals surface area contributed by atoms with Crippen molar-refractivity contribution in [2.45, 2.75) is 19.6 Å². The first-order valence-electron chi connectivity index (χ1n) is 8.11. The van der Waals surface area contributed by atoms with Crippen LogP contribution < -0.4 is 5.32 Å². The van der Waals surface area contributed by atoms with Gasteiger partial charge in [-0.05, 0) is 36.8 Å². The van der Waals surface area contributed by atoms with Crippen LogP contribution in [0.3, 0.4) is 0 Å². The fourth-order valence-corrected chi connectivity index (χ4v) is 3.18. The number of imidazole rings is 1. The van der Waals surface area contributed by atoms with Crippen molar-refractivity contribution < 1.29 is 9.53 Å². The Morgan fingerprint density at radius 2 is 2.12 bits per heavy atom. The van der Waals surface area contributed by atoms with Crippen LogP contribution in [0.5, 0.6) is 0 Å². The molecule has 2 heterocycles. The molecule has 0 aliphatic carbocycles. The number of nitrogens with zero attached hydrogens (tertiary/aromatic N) is 2. The van der Waals surface area contributed by atoms with E-state index in [0.717, 1.165) is 16.9 Å². The van der Waals surface area contributed by atoms with E-state index in [-0.39, 0.29) is 11.9 Å². The van der Waals surface area contributed by atoms with E-state index in [1.54, 1.807) is 0 Å². The van der Waals surface area contributed by atoms with Crippen molar-refractivity contribution >= 4 is 16.9 Å². The number of benzene rings is 2. The molecule has 24 heavy (non-hydrogen) atoms. The highest BCUT2D eigenvalue weighted by Gasteiger charge is 2.24. The number of rotatable bonds is 3. The second-order valence-electron chi connectivity index (χ2n) is 6.14. The Balaban J connectivity index is 1.59. The molecule has 2 aromatic carbocycles. The average Bonchev–Trinajstić information content (AvgIpc) is 2.99. The minimum atomic E-state index is -0.0664. The van der Waals surface area contributed by atoms with E-state index >= 15 is 0 Å². The highest BCUT2D eigenvalue weighted by molar-refractivity contribution is 5.94. The zero-order valence-electron chi connectivity index (χ0n) is 13.5. The van der Waals surface area contributed by atoms with Crippen molar-refractivity contribution in [3.63, 3.8) is 0 Å². The van der Waals surface area contributed by atoms with Crippen molar-refractivity contribution in [2.24, 2.45) is 0 Å². The van der Waals surface area contributed by atoms with Gasteiger partial charge >= 0.3 is 0 Å². The van der Waals surface area contributed by atoms with Gasteiger partial charge in [-0.3, -0.25) is 4.79 Å². The summed E-state index contributed by atoms with van der Waals surface area (Å²) in [6.45, 7) is 3.67. The van der Waals surface area contributed by atoms with Gasteiger partial charge in [0.15, 0.2) is 0 Å². The van der Waals surface area contributed by atoms with Gasteiger partial charge in [0.1, 0.15) is 12.4 Å². The molecule has 0 bridgehead atoms. The Bertz CT molecular complexity index is 886. The van der Waals surface area contributed by atoms with Crippen LogP contribution in [0.4, 0.5) is 0 Å². The zero-order chi connectivity index (χ0) is 16.5. The Morgan fingerprint density at radius 3 is 2.96 bits per heavy atom. The molecule has 0 spiro atoms. The molecular formula is C19H19N3O2. The molecule has 0 unspecified atom stereocenters. The van der Waals surface area contributed by atoms with Gasteiger partial charge in [0, 0.05) is 12.1 Å². The third kappa shape index (κ3) is 2.67. The van der Waals surface area contributed by atoms with Crippen molar-refractivity contribution in [2.75, 3.05) is 13.2 Å². The lowest BCUT2D eigenvalue weighted by molar-refractivity contribution is 0.0553. The molecular weight excluding hydrogens is 302 g/mol. The third-order valence-electron chi connectivity index (χ3n) is 4.36. The van der Waals surface area contributed by atoms with Crippen LogP contribution in [0.25, 0.3) is 11.0 Å². The Morgan fingerprint density at radius 1 is 1.29 bits per heavy atom. The first-order valence-corrected chi connectivity index (χ1v) is 8.11. The molecule has 1 atom stereocenters. The summed E-state index contributed by atoms with van der Waals surface area (Å²) in [6.07, 6.45) is 0. The minimum Gasteiger partial charge on any atom is -0.371 e. The van der Waals surface area contributed by atoms with Crippen LogP contribution in [-0.2, 0) is 11.3 Å². The highest BCUT2D eigenvalue weighted by atomic mass is 16.5. The van der Waals surface area contributed by atoms with E-state index in [0.29, 0.717) is 25.3 Å². The lowest BCUT2D eigenvalue weighted by atomic mass is 10.2. The molecule has 3 aromatic rings. The maximum Gasteiger partial charge on any atom is 0.251 e. The van der Waals surface area contributed by atoms with E-state index < -0.39 is 0 Å². The first-order chi connectivity index (χ1) is 11.7. The predicted molar refractivity (Wildman–Crippen MR) is 91.9 cm³/mol. The van der Waals surface area contributed by atoms with Gasteiger partial charge in [0.25, 0.3) is 5.91 Å². The predicted octanol–water partition coefficient (Wildman–Crippen LogP) is 2.85. The number of hydrogen-bond donors (Lipinski definition) is 1. The maximum absolute atomic E-state index is 12.3. The van der Waals surface area contributed by atoms with Gasteiger partial charge < -0.3 is 14.6 Å². The highest BCUT2D eigenvalue weighted by Crippen LogP contribution is 2.26. The lowest BCUT2D eigenvalue weighted by Gasteiger charge is -2.26. The average molecular weight is 321 g/mol. The second kappa shape index (κ2) is 6.09. The third-order valence-corrected chi connectivity index (χ3v) is 4.36. The minimum absolute atomic E-state index is 0.0493. The maximum atomic E-state index is 12.3. The van der Waals surface area contributed by atoms with Gasteiger partial charge in [-0.25, -0.2) is 4.98 Å². The standard InChI is InChI=1S/C19H19N3O2/c1-13-7-8-16-17(9-13)22-15(11-24-12-18(22)21-16)10-20-19(23)14-5-3-2-4-6-14/h2-9,15H,10-12H2,1H3,(H,20,23)/t15-/m0/s1. The molecule has 1 aromatic heterocycles. The molecule has 0 radical (unpaired) electrons. The number of carbonyl (C=O) groups is 1. The number of aryl methyl sites for hydroxylation is 1. The van der Waals surface area contributed by atoms with Crippen molar-refractivity contribution in [1.29, 1.82) is 0 Å². The number of nitrogens with one attached hydrogen (secondary N) is 1. The van der Waals surface area contributed by atoms with E-state index in [9.17, 15) is 4.79 Å². The van der Waals surface area contributed by atoms with Gasteiger partial charge in [-0.15, -0.1) is 0 Å². The summed E-state index contributed by atoms with van der Waals surface area (Å²) in [5, 5.41) is 3.01. The number of hydrogen-bond acceptors (Lipinski definition) is 3. The summed E-state index contributed by atoms with van der Waals surface area (Å²) in [5.41, 5.74) is 3.94. The summed E-state index contributed by atoms with van der Waals surface area (Å²) < 4.78 is 7.88. The Hall–Kier alpha value is -2.66. The normalized spacial score (nSPS) is 16.8. The van der Waals surface area contributed by atoms with Crippen LogP contribution in [0.15, 0.2) is 48.5 Å². The van der Waals surface area contributed by atoms with Crippen LogP contribution in [0.2, 0.25) is 0 Å². The molecule has 5 nitrogen and oxygen atoms in total. The second-order valence-corrected chi connectivity index (χ2v) is 6.14. The van der Waals surface area contributed by atoms with Crippen LogP contribution >= 0.6 is 0 Å². The SMILES string of the molecule is Cc1ccc2nc3n(c2c1)[C@@H](CNC(=O)c1ccccc1)COC3. The number of aromatic nitrogens is 2. The smallest absolute Gasteiger partial charge is 0.251 e. The summed E-state index contributed by atoms with van der Waals surface area (Å²) >= 11 is 0. The summed E-state index contributed by atoms with van der Waals surface area (Å²) in [4.78, 5) is 16.9. The molecule has 5 heteroatoms. The molecule has 0 saturated carbocycles. The topological polar surface area (TPSA) is 56.2 Å². The van der Waals surface area contributed by atoms with Crippen molar-refractivity contribution in [3.8, 4) is 0 Å². The molecule has 1 aliphatic heterocycles. The summed E-state index contributed by atoms with van der Waals surface area (Å²) in [5.74, 6) is 0.851. The Kier molecular flexibility index (Phi) is 3.78. The van der Waals surface area contributed by atoms with Crippen LogP contribution in [0, 0.1) is 6.92 Å². The molecule has 1 N–H and O–H groups in total. The van der Waals surface area contributed by atoms with E-state index in [1.807, 2.05) is 36.4 Å². The van der Waals surface area contributed by atoms with Crippen molar-refractivity contribution in [1.82, 2.24) is 14.9 Å². The summed E-state index contributed by atoms with van der Waals surface area (Å²) in [7, 11) is 0. The first kappa shape index (κ1) is 14.9. The zero-order valence-corrected chi connectivity index (χ0v) is 13.5. The number of ether oxygens (including phenoxy) is 1. The Labute approximate surface area is 140 Å². The lowest BCUT2D eigenvalue weighted by Crippen LogP contribution is -2.35. The summed E-state index contributed by atoms with van der Waals surface area (Å²) in [6, 6.07) is 15.5. The van der Waals surface area contributed by atoms with Crippen molar-refractivity contribution in [3.05, 3.63) is 65.5 Å². The van der Waals surface area contributed by atoms with E-state index in [4.69, 9.17) is 4.74 Å². The van der Waals surface area contributed by atoms with Gasteiger partial charge in [0.2, 0.25) is 0 Å². The van der Waals surface area contributed by atoms with Gasteiger partial charge in [-0.2, -0.15) is 0 Å².